The lowest BCUT2D eigenvalue weighted by Gasteiger charge is -2.42. The molecule has 0 radical (unpaired) electrons. The van der Waals surface area contributed by atoms with E-state index in [1.165, 1.54) is 31.4 Å². The van der Waals surface area contributed by atoms with Crippen molar-refractivity contribution in [3.63, 3.8) is 0 Å². The van der Waals surface area contributed by atoms with Gasteiger partial charge in [0.2, 0.25) is 5.91 Å². The average molecular weight is 400 g/mol. The van der Waals surface area contributed by atoms with Crippen molar-refractivity contribution < 1.29 is 4.79 Å². The SMILES string of the molecule is CN1CCCN(C(=O)[C@H]2CCCN(C3CCN(Cc4ccncc4)CC3)C2)CC1. The molecule has 1 atom stereocenters. The van der Waals surface area contributed by atoms with Gasteiger partial charge in [-0.25, -0.2) is 0 Å². The molecule has 0 unspecified atom stereocenters. The normalized spacial score (nSPS) is 26.4. The lowest BCUT2D eigenvalue weighted by atomic mass is 9.92. The third kappa shape index (κ3) is 5.56. The number of hydrogen-bond acceptors (Lipinski definition) is 5. The van der Waals surface area contributed by atoms with E-state index >= 15 is 0 Å². The van der Waals surface area contributed by atoms with E-state index in [0.717, 1.165) is 65.2 Å². The van der Waals surface area contributed by atoms with Gasteiger partial charge in [0.15, 0.2) is 0 Å². The molecule has 4 heterocycles. The van der Waals surface area contributed by atoms with Crippen molar-refractivity contribution >= 4 is 5.91 Å². The monoisotopic (exact) mass is 399 g/mol. The van der Waals surface area contributed by atoms with Crippen LogP contribution in [0.2, 0.25) is 0 Å². The quantitative estimate of drug-likeness (QED) is 0.774. The minimum Gasteiger partial charge on any atom is -0.341 e. The highest BCUT2D eigenvalue weighted by atomic mass is 16.2. The Balaban J connectivity index is 1.26. The fraction of sp³-hybridized carbons (Fsp3) is 0.739. The molecule has 0 aromatic carbocycles. The second-order valence-corrected chi connectivity index (χ2v) is 9.18. The highest BCUT2D eigenvalue weighted by molar-refractivity contribution is 5.79. The highest BCUT2D eigenvalue weighted by Gasteiger charge is 2.33. The largest absolute Gasteiger partial charge is 0.341 e. The predicted octanol–water partition coefficient (Wildman–Crippen LogP) is 1.92. The first-order chi connectivity index (χ1) is 14.2. The lowest BCUT2D eigenvalue weighted by Crippen LogP contribution is -2.51. The Labute approximate surface area is 175 Å². The van der Waals surface area contributed by atoms with Gasteiger partial charge >= 0.3 is 0 Å². The molecule has 29 heavy (non-hydrogen) atoms. The van der Waals surface area contributed by atoms with Gasteiger partial charge in [-0.3, -0.25) is 19.6 Å². The number of likely N-dealkylation sites (tertiary alicyclic amines) is 2. The average Bonchev–Trinajstić information content (AvgIpc) is 2.99. The maximum atomic E-state index is 13.2. The Morgan fingerprint density at radius 2 is 1.76 bits per heavy atom. The van der Waals surface area contributed by atoms with Crippen LogP contribution in [0.25, 0.3) is 0 Å². The summed E-state index contributed by atoms with van der Waals surface area (Å²) in [5.41, 5.74) is 1.35. The standard InChI is InChI=1S/C23H37N5O/c1-25-11-3-13-27(17-16-25)23(29)21-4-2-12-28(19-21)22-7-14-26(15-8-22)18-20-5-9-24-10-6-20/h5-6,9-10,21-22H,2-4,7-8,11-19H2,1H3/t21-/m0/s1. The molecule has 6 heteroatoms. The first-order valence-corrected chi connectivity index (χ1v) is 11.5. The molecule has 1 aromatic heterocycles. The fourth-order valence-electron chi connectivity index (χ4n) is 5.25. The first kappa shape index (κ1) is 20.8. The Bertz CT molecular complexity index is 646. The number of hydrogen-bond donors (Lipinski definition) is 0. The van der Waals surface area contributed by atoms with Gasteiger partial charge in [0.1, 0.15) is 0 Å². The third-order valence-corrected chi connectivity index (χ3v) is 7.06. The number of carbonyl (C=O) groups excluding carboxylic acids is 1. The third-order valence-electron chi connectivity index (χ3n) is 7.06. The van der Waals surface area contributed by atoms with Gasteiger partial charge in [-0.05, 0) is 83.0 Å². The van der Waals surface area contributed by atoms with E-state index in [2.05, 4.69) is 43.8 Å². The number of amides is 1. The molecule has 0 N–H and O–H groups in total. The molecular weight excluding hydrogens is 362 g/mol. The van der Waals surface area contributed by atoms with Crippen LogP contribution in [-0.2, 0) is 11.3 Å². The number of nitrogens with zero attached hydrogens (tertiary/aromatic N) is 5. The number of rotatable bonds is 4. The molecule has 4 rings (SSSR count). The Hall–Kier alpha value is -1.50. The lowest BCUT2D eigenvalue weighted by molar-refractivity contribution is -0.137. The second kappa shape index (κ2) is 10.0. The number of piperidine rings is 2. The van der Waals surface area contributed by atoms with Crippen molar-refractivity contribution in [2.24, 2.45) is 5.92 Å². The molecule has 160 valence electrons. The topological polar surface area (TPSA) is 42.9 Å². The van der Waals surface area contributed by atoms with Gasteiger partial charge in [-0.1, -0.05) is 0 Å². The first-order valence-electron chi connectivity index (χ1n) is 11.5. The maximum absolute atomic E-state index is 13.2. The van der Waals surface area contributed by atoms with E-state index in [0.29, 0.717) is 11.9 Å². The van der Waals surface area contributed by atoms with E-state index in [1.807, 2.05) is 12.4 Å². The Morgan fingerprint density at radius 3 is 2.55 bits per heavy atom. The van der Waals surface area contributed by atoms with E-state index in [1.54, 1.807) is 0 Å². The van der Waals surface area contributed by atoms with Crippen LogP contribution in [-0.4, -0.2) is 95.9 Å². The van der Waals surface area contributed by atoms with E-state index < -0.39 is 0 Å². The minimum atomic E-state index is 0.210. The molecule has 1 aromatic rings. The number of pyridine rings is 1. The van der Waals surface area contributed by atoms with Crippen LogP contribution in [0.5, 0.6) is 0 Å². The second-order valence-electron chi connectivity index (χ2n) is 9.18. The van der Waals surface area contributed by atoms with Crippen LogP contribution in [0.3, 0.4) is 0 Å². The van der Waals surface area contributed by atoms with E-state index in [9.17, 15) is 4.79 Å². The van der Waals surface area contributed by atoms with Crippen molar-refractivity contribution in [1.82, 2.24) is 24.6 Å². The number of carbonyl (C=O) groups is 1. The van der Waals surface area contributed by atoms with Crippen molar-refractivity contribution in [3.8, 4) is 0 Å². The number of aromatic nitrogens is 1. The van der Waals surface area contributed by atoms with Crippen LogP contribution in [0, 0.1) is 5.92 Å². The summed E-state index contributed by atoms with van der Waals surface area (Å²) in [6.45, 7) is 9.44. The molecule has 6 nitrogen and oxygen atoms in total. The summed E-state index contributed by atoms with van der Waals surface area (Å²) in [6, 6.07) is 4.88. The van der Waals surface area contributed by atoms with Crippen LogP contribution < -0.4 is 0 Å². The summed E-state index contributed by atoms with van der Waals surface area (Å²) < 4.78 is 0. The zero-order valence-electron chi connectivity index (χ0n) is 18.0. The van der Waals surface area contributed by atoms with Crippen LogP contribution >= 0.6 is 0 Å². The molecule has 0 spiro atoms. The summed E-state index contributed by atoms with van der Waals surface area (Å²) in [5.74, 6) is 0.627. The Kier molecular flexibility index (Phi) is 7.16. The van der Waals surface area contributed by atoms with Crippen LogP contribution in [0.4, 0.5) is 0 Å². The van der Waals surface area contributed by atoms with Crippen molar-refractivity contribution in [1.29, 1.82) is 0 Å². The van der Waals surface area contributed by atoms with Gasteiger partial charge in [0.25, 0.3) is 0 Å². The summed E-state index contributed by atoms with van der Waals surface area (Å²) >= 11 is 0. The van der Waals surface area contributed by atoms with Crippen molar-refractivity contribution in [3.05, 3.63) is 30.1 Å². The molecule has 3 aliphatic heterocycles. The molecular formula is C23H37N5O. The summed E-state index contributed by atoms with van der Waals surface area (Å²) in [4.78, 5) is 27.0. The van der Waals surface area contributed by atoms with Gasteiger partial charge in [-0.15, -0.1) is 0 Å². The predicted molar refractivity (Wildman–Crippen MR) is 116 cm³/mol. The van der Waals surface area contributed by atoms with E-state index in [-0.39, 0.29) is 5.92 Å². The molecule has 0 saturated carbocycles. The highest BCUT2D eigenvalue weighted by Crippen LogP contribution is 2.26. The smallest absolute Gasteiger partial charge is 0.227 e. The number of likely N-dealkylation sites (N-methyl/N-ethyl adjacent to an activating group) is 1. The summed E-state index contributed by atoms with van der Waals surface area (Å²) in [5, 5.41) is 0. The van der Waals surface area contributed by atoms with Crippen LogP contribution in [0.15, 0.2) is 24.5 Å². The molecule has 1 amide bonds. The van der Waals surface area contributed by atoms with Gasteiger partial charge in [0, 0.05) is 51.2 Å². The van der Waals surface area contributed by atoms with Crippen molar-refractivity contribution in [2.75, 3.05) is 59.4 Å². The zero-order valence-corrected chi connectivity index (χ0v) is 18.0. The van der Waals surface area contributed by atoms with Gasteiger partial charge in [0.05, 0.1) is 5.92 Å². The molecule has 3 saturated heterocycles. The fourth-order valence-corrected chi connectivity index (χ4v) is 5.25. The minimum absolute atomic E-state index is 0.210. The molecule has 3 fully saturated rings. The summed E-state index contributed by atoms with van der Waals surface area (Å²) in [6.07, 6.45) is 9.56. The van der Waals surface area contributed by atoms with Gasteiger partial charge < -0.3 is 9.80 Å². The van der Waals surface area contributed by atoms with Crippen LogP contribution in [0.1, 0.15) is 37.7 Å². The molecule has 0 aliphatic carbocycles. The maximum Gasteiger partial charge on any atom is 0.227 e. The zero-order chi connectivity index (χ0) is 20.1. The van der Waals surface area contributed by atoms with Crippen molar-refractivity contribution in [2.45, 2.75) is 44.7 Å². The summed E-state index contributed by atoms with van der Waals surface area (Å²) in [7, 11) is 2.16. The van der Waals surface area contributed by atoms with E-state index in [4.69, 9.17) is 0 Å². The molecule has 0 bridgehead atoms. The Morgan fingerprint density at radius 1 is 0.966 bits per heavy atom. The molecule has 3 aliphatic rings. The van der Waals surface area contributed by atoms with Gasteiger partial charge in [-0.2, -0.15) is 0 Å².